The Kier molecular flexibility index (Phi) is 6.12. The SMILES string of the molecule is C/C(=N\NC(=O)c1cc(-c2ccncc2)nc2ccccc12)c1ccccc1OC(F)F. The molecule has 0 saturated carbocycles. The summed E-state index contributed by atoms with van der Waals surface area (Å²) in [7, 11) is 0. The Bertz CT molecular complexity index is 1290. The van der Waals surface area contributed by atoms with E-state index in [0.29, 0.717) is 33.4 Å². The molecule has 0 radical (unpaired) electrons. The van der Waals surface area contributed by atoms with Crippen molar-refractivity contribution < 1.29 is 18.3 Å². The van der Waals surface area contributed by atoms with Gasteiger partial charge in [-0.15, -0.1) is 0 Å². The Labute approximate surface area is 182 Å². The summed E-state index contributed by atoms with van der Waals surface area (Å²) < 4.78 is 29.9. The van der Waals surface area contributed by atoms with Crippen LogP contribution in [0.1, 0.15) is 22.8 Å². The summed E-state index contributed by atoms with van der Waals surface area (Å²) in [4.78, 5) is 21.7. The largest absolute Gasteiger partial charge is 0.434 e. The Morgan fingerprint density at radius 1 is 1.00 bits per heavy atom. The quantitative estimate of drug-likeness (QED) is 0.342. The molecular formula is C24H18F2N4O2. The van der Waals surface area contributed by atoms with Crippen molar-refractivity contribution in [2.24, 2.45) is 5.10 Å². The first-order valence-electron chi connectivity index (χ1n) is 9.72. The van der Waals surface area contributed by atoms with E-state index in [9.17, 15) is 13.6 Å². The number of nitrogens with zero attached hydrogens (tertiary/aromatic N) is 3. The number of rotatable bonds is 6. The molecule has 32 heavy (non-hydrogen) atoms. The second-order valence-electron chi connectivity index (χ2n) is 6.82. The van der Waals surface area contributed by atoms with Crippen LogP contribution in [0.4, 0.5) is 8.78 Å². The summed E-state index contributed by atoms with van der Waals surface area (Å²) in [5.74, 6) is -0.474. The monoisotopic (exact) mass is 432 g/mol. The molecule has 2 aromatic heterocycles. The topological polar surface area (TPSA) is 76.5 Å². The number of hydrogen-bond acceptors (Lipinski definition) is 5. The van der Waals surface area contributed by atoms with Crippen LogP contribution < -0.4 is 10.2 Å². The Hall–Kier alpha value is -4.20. The average molecular weight is 432 g/mol. The summed E-state index contributed by atoms with van der Waals surface area (Å²) in [5.41, 5.74) is 5.66. The van der Waals surface area contributed by atoms with Crippen LogP contribution in [0.5, 0.6) is 5.75 Å². The van der Waals surface area contributed by atoms with Crippen LogP contribution >= 0.6 is 0 Å². The molecule has 0 aliphatic rings. The Morgan fingerprint density at radius 2 is 1.72 bits per heavy atom. The number of alkyl halides is 2. The molecule has 0 bridgehead atoms. The molecule has 4 aromatic rings. The molecule has 2 aromatic carbocycles. The highest BCUT2D eigenvalue weighted by Crippen LogP contribution is 2.25. The number of fused-ring (bicyclic) bond motifs is 1. The van der Waals surface area contributed by atoms with Gasteiger partial charge in [-0.2, -0.15) is 13.9 Å². The van der Waals surface area contributed by atoms with E-state index in [-0.39, 0.29) is 5.75 Å². The number of pyridine rings is 2. The average Bonchev–Trinajstić information content (AvgIpc) is 2.82. The van der Waals surface area contributed by atoms with Gasteiger partial charge in [-0.05, 0) is 43.3 Å². The maximum absolute atomic E-state index is 13.0. The number of hydrazone groups is 1. The molecular weight excluding hydrogens is 414 g/mol. The highest BCUT2D eigenvalue weighted by Gasteiger charge is 2.15. The number of para-hydroxylation sites is 2. The van der Waals surface area contributed by atoms with Gasteiger partial charge >= 0.3 is 6.61 Å². The molecule has 0 saturated heterocycles. The van der Waals surface area contributed by atoms with Crippen LogP contribution in [-0.4, -0.2) is 28.2 Å². The number of nitrogens with one attached hydrogen (secondary N) is 1. The van der Waals surface area contributed by atoms with Crippen LogP contribution in [0.15, 0.2) is 84.2 Å². The first-order chi connectivity index (χ1) is 15.5. The van der Waals surface area contributed by atoms with E-state index in [1.807, 2.05) is 18.2 Å². The normalized spacial score (nSPS) is 11.6. The van der Waals surface area contributed by atoms with Gasteiger partial charge in [0.2, 0.25) is 0 Å². The molecule has 1 N–H and O–H groups in total. The Balaban J connectivity index is 1.67. The van der Waals surface area contributed by atoms with E-state index < -0.39 is 12.5 Å². The van der Waals surface area contributed by atoms with E-state index in [1.165, 1.54) is 6.07 Å². The number of ether oxygens (including phenoxy) is 1. The van der Waals surface area contributed by atoms with Crippen molar-refractivity contribution in [1.29, 1.82) is 0 Å². The zero-order chi connectivity index (χ0) is 22.5. The van der Waals surface area contributed by atoms with Gasteiger partial charge < -0.3 is 4.74 Å². The van der Waals surface area contributed by atoms with Crippen LogP contribution in [0.3, 0.4) is 0 Å². The van der Waals surface area contributed by atoms with E-state index >= 15 is 0 Å². The summed E-state index contributed by atoms with van der Waals surface area (Å²) in [6.07, 6.45) is 3.30. The van der Waals surface area contributed by atoms with Crippen molar-refractivity contribution in [2.45, 2.75) is 13.5 Å². The molecule has 160 valence electrons. The first kappa shape index (κ1) is 21.0. The minimum atomic E-state index is -2.96. The summed E-state index contributed by atoms with van der Waals surface area (Å²) in [5, 5.41) is 4.77. The second kappa shape index (κ2) is 9.30. The van der Waals surface area contributed by atoms with Crippen molar-refractivity contribution in [1.82, 2.24) is 15.4 Å². The molecule has 0 unspecified atom stereocenters. The fourth-order valence-electron chi connectivity index (χ4n) is 3.25. The van der Waals surface area contributed by atoms with E-state index in [1.54, 1.807) is 61.8 Å². The van der Waals surface area contributed by atoms with Crippen LogP contribution in [-0.2, 0) is 0 Å². The maximum atomic E-state index is 13.0. The zero-order valence-corrected chi connectivity index (χ0v) is 17.0. The van der Waals surface area contributed by atoms with Crippen LogP contribution in [0, 0.1) is 0 Å². The lowest BCUT2D eigenvalue weighted by Gasteiger charge is -2.11. The maximum Gasteiger partial charge on any atom is 0.387 e. The molecule has 6 nitrogen and oxygen atoms in total. The summed E-state index contributed by atoms with van der Waals surface area (Å²) in [6.45, 7) is -1.37. The zero-order valence-electron chi connectivity index (χ0n) is 17.0. The summed E-state index contributed by atoms with van der Waals surface area (Å²) in [6, 6.07) is 18.8. The molecule has 0 atom stereocenters. The van der Waals surface area contributed by atoms with Crippen molar-refractivity contribution >= 4 is 22.5 Å². The molecule has 1 amide bonds. The minimum Gasteiger partial charge on any atom is -0.434 e. The smallest absolute Gasteiger partial charge is 0.387 e. The first-order valence-corrected chi connectivity index (χ1v) is 9.72. The molecule has 0 aliphatic carbocycles. The van der Waals surface area contributed by atoms with Gasteiger partial charge in [0.15, 0.2) is 0 Å². The van der Waals surface area contributed by atoms with Crippen molar-refractivity contribution in [3.05, 3.63) is 90.3 Å². The van der Waals surface area contributed by atoms with Gasteiger partial charge in [0.1, 0.15) is 5.75 Å². The van der Waals surface area contributed by atoms with E-state index in [2.05, 4.69) is 25.2 Å². The third-order valence-electron chi connectivity index (χ3n) is 4.75. The van der Waals surface area contributed by atoms with Gasteiger partial charge in [-0.3, -0.25) is 9.78 Å². The predicted molar refractivity (Wildman–Crippen MR) is 118 cm³/mol. The Morgan fingerprint density at radius 3 is 2.50 bits per heavy atom. The molecule has 0 aliphatic heterocycles. The molecule has 0 spiro atoms. The van der Waals surface area contributed by atoms with Crippen molar-refractivity contribution in [2.75, 3.05) is 0 Å². The number of aromatic nitrogens is 2. The van der Waals surface area contributed by atoms with Gasteiger partial charge in [0, 0.05) is 28.9 Å². The lowest BCUT2D eigenvalue weighted by atomic mass is 10.0. The van der Waals surface area contributed by atoms with Crippen molar-refractivity contribution in [3.8, 4) is 17.0 Å². The third-order valence-corrected chi connectivity index (χ3v) is 4.75. The number of amides is 1. The number of carbonyl (C=O) groups is 1. The fourth-order valence-corrected chi connectivity index (χ4v) is 3.25. The van der Waals surface area contributed by atoms with E-state index in [4.69, 9.17) is 0 Å². The highest BCUT2D eigenvalue weighted by atomic mass is 19.3. The lowest BCUT2D eigenvalue weighted by Crippen LogP contribution is -2.20. The van der Waals surface area contributed by atoms with Gasteiger partial charge in [0.25, 0.3) is 5.91 Å². The number of carbonyl (C=O) groups excluding carboxylic acids is 1. The number of halogens is 2. The van der Waals surface area contributed by atoms with Crippen LogP contribution in [0.25, 0.3) is 22.2 Å². The van der Waals surface area contributed by atoms with Gasteiger partial charge in [-0.1, -0.05) is 30.3 Å². The minimum absolute atomic E-state index is 0.0210. The van der Waals surface area contributed by atoms with Gasteiger partial charge in [0.05, 0.1) is 22.5 Å². The molecule has 0 fully saturated rings. The fraction of sp³-hybridized carbons (Fsp3) is 0.0833. The second-order valence-corrected chi connectivity index (χ2v) is 6.82. The van der Waals surface area contributed by atoms with Gasteiger partial charge in [-0.25, -0.2) is 10.4 Å². The van der Waals surface area contributed by atoms with Crippen LogP contribution in [0.2, 0.25) is 0 Å². The third kappa shape index (κ3) is 4.59. The number of benzene rings is 2. The predicted octanol–water partition coefficient (Wildman–Crippen LogP) is 5.05. The van der Waals surface area contributed by atoms with Crippen molar-refractivity contribution in [3.63, 3.8) is 0 Å². The molecule has 4 rings (SSSR count). The van der Waals surface area contributed by atoms with E-state index in [0.717, 1.165) is 5.56 Å². The molecule has 8 heteroatoms. The summed E-state index contributed by atoms with van der Waals surface area (Å²) >= 11 is 0. The lowest BCUT2D eigenvalue weighted by molar-refractivity contribution is -0.0499. The molecule has 2 heterocycles. The standard InChI is InChI=1S/C24H18F2N4O2/c1-15(17-6-3-5-9-22(17)32-24(25)26)29-30-23(31)19-14-21(16-10-12-27-13-11-16)28-20-8-4-2-7-18(19)20/h2-14,24H,1H3,(H,30,31)/b29-15+. The number of hydrogen-bond donors (Lipinski definition) is 1. The highest BCUT2D eigenvalue weighted by molar-refractivity contribution is 6.08.